The smallest absolute Gasteiger partial charge is 0.410 e. The predicted molar refractivity (Wildman–Crippen MR) is 98.9 cm³/mol. The number of methoxy groups -OCH3 is 1. The number of ether oxygens (including phenoxy) is 2. The predicted octanol–water partition coefficient (Wildman–Crippen LogP) is 2.17. The molecular formula is C17H23ClN2O6S. The maximum absolute atomic E-state index is 12.5. The molecular weight excluding hydrogens is 396 g/mol. The molecule has 2 unspecified atom stereocenters. The number of nitrogens with one attached hydrogen (secondary N) is 1. The van der Waals surface area contributed by atoms with Gasteiger partial charge in [0.05, 0.1) is 18.6 Å². The summed E-state index contributed by atoms with van der Waals surface area (Å²) < 4.78 is 37.5. The van der Waals surface area contributed by atoms with Gasteiger partial charge in [-0.2, -0.15) is 0 Å². The number of halogens is 1. The van der Waals surface area contributed by atoms with E-state index in [1.165, 1.54) is 36.3 Å². The summed E-state index contributed by atoms with van der Waals surface area (Å²) in [6.07, 6.45) is 1.00. The third kappa shape index (κ3) is 5.57. The van der Waals surface area contributed by atoms with Crippen LogP contribution in [0.4, 0.5) is 4.79 Å². The van der Waals surface area contributed by atoms with Crippen LogP contribution in [0, 0.1) is 0 Å². The van der Waals surface area contributed by atoms with Gasteiger partial charge in [0.25, 0.3) is 0 Å². The number of amides is 1. The monoisotopic (exact) mass is 418 g/mol. The van der Waals surface area contributed by atoms with Gasteiger partial charge in [-0.15, -0.1) is 0 Å². The standard InChI is InChI=1S/C17H23ClN2O6S/c1-3-4-9-26-17(22)20-11-13(10-15(20)16(21)25-2)19-27(23,24)14-7-5-12(18)6-8-14/h5-8,13,15,19H,3-4,9-11H2,1-2H3. The van der Waals surface area contributed by atoms with Crippen LogP contribution in [0.2, 0.25) is 5.02 Å². The molecule has 2 atom stereocenters. The topological polar surface area (TPSA) is 102 Å². The van der Waals surface area contributed by atoms with Crippen molar-refractivity contribution in [1.29, 1.82) is 0 Å². The van der Waals surface area contributed by atoms with Crippen molar-refractivity contribution in [2.45, 2.75) is 43.2 Å². The number of unbranched alkanes of at least 4 members (excludes halogenated alkanes) is 1. The second kappa shape index (κ2) is 9.38. The van der Waals surface area contributed by atoms with Gasteiger partial charge in [-0.25, -0.2) is 22.7 Å². The van der Waals surface area contributed by atoms with E-state index < -0.39 is 34.2 Å². The number of hydrogen-bond donors (Lipinski definition) is 1. The van der Waals surface area contributed by atoms with Crippen LogP contribution < -0.4 is 4.72 Å². The molecule has 2 rings (SSSR count). The fourth-order valence-electron chi connectivity index (χ4n) is 2.77. The number of rotatable bonds is 7. The molecule has 1 amide bonds. The average molecular weight is 419 g/mol. The molecule has 1 saturated heterocycles. The maximum atomic E-state index is 12.5. The largest absolute Gasteiger partial charge is 0.467 e. The van der Waals surface area contributed by atoms with E-state index in [1.54, 1.807) is 0 Å². The Hall–Kier alpha value is -1.84. The zero-order chi connectivity index (χ0) is 20.0. The summed E-state index contributed by atoms with van der Waals surface area (Å²) in [6.45, 7) is 2.21. The number of nitrogens with zero attached hydrogens (tertiary/aromatic N) is 1. The third-order valence-corrected chi connectivity index (χ3v) is 5.97. The van der Waals surface area contributed by atoms with Gasteiger partial charge in [-0.05, 0) is 37.1 Å². The van der Waals surface area contributed by atoms with Gasteiger partial charge in [0.15, 0.2) is 0 Å². The molecule has 0 radical (unpaired) electrons. The van der Waals surface area contributed by atoms with Crippen LogP contribution in [-0.2, 0) is 24.3 Å². The van der Waals surface area contributed by atoms with E-state index in [2.05, 4.69) is 4.72 Å². The SMILES string of the molecule is CCCCOC(=O)N1CC(NS(=O)(=O)c2ccc(Cl)cc2)CC1C(=O)OC. The van der Waals surface area contributed by atoms with Gasteiger partial charge in [0, 0.05) is 17.6 Å². The van der Waals surface area contributed by atoms with E-state index in [0.717, 1.165) is 6.42 Å². The first kappa shape index (κ1) is 21.5. The van der Waals surface area contributed by atoms with Gasteiger partial charge in [0.1, 0.15) is 6.04 Å². The van der Waals surface area contributed by atoms with Crippen molar-refractivity contribution in [1.82, 2.24) is 9.62 Å². The van der Waals surface area contributed by atoms with Crippen LogP contribution in [0.3, 0.4) is 0 Å². The average Bonchev–Trinajstić information content (AvgIpc) is 3.04. The summed E-state index contributed by atoms with van der Waals surface area (Å²) in [5.74, 6) is -0.615. The molecule has 8 nitrogen and oxygen atoms in total. The van der Waals surface area contributed by atoms with Gasteiger partial charge in [-0.3, -0.25) is 4.90 Å². The highest BCUT2D eigenvalue weighted by atomic mass is 35.5. The van der Waals surface area contributed by atoms with Crippen molar-refractivity contribution < 1.29 is 27.5 Å². The highest BCUT2D eigenvalue weighted by molar-refractivity contribution is 7.89. The summed E-state index contributed by atoms with van der Waals surface area (Å²) in [4.78, 5) is 25.5. The summed E-state index contributed by atoms with van der Waals surface area (Å²) in [5.41, 5.74) is 0. The molecule has 1 aromatic carbocycles. The van der Waals surface area contributed by atoms with E-state index in [4.69, 9.17) is 21.1 Å². The van der Waals surface area contributed by atoms with Gasteiger partial charge in [-0.1, -0.05) is 24.9 Å². The normalized spacial score (nSPS) is 19.7. The van der Waals surface area contributed by atoms with Crippen molar-refractivity contribution in [3.8, 4) is 0 Å². The Labute approximate surface area is 163 Å². The summed E-state index contributed by atoms with van der Waals surface area (Å²) in [5, 5.41) is 0.418. The number of sulfonamides is 1. The lowest BCUT2D eigenvalue weighted by atomic mass is 10.2. The highest BCUT2D eigenvalue weighted by Gasteiger charge is 2.42. The van der Waals surface area contributed by atoms with Crippen LogP contribution in [0.15, 0.2) is 29.2 Å². The molecule has 27 heavy (non-hydrogen) atoms. The molecule has 0 spiro atoms. The number of hydrogen-bond acceptors (Lipinski definition) is 6. The van der Waals surface area contributed by atoms with E-state index in [1.807, 2.05) is 6.92 Å². The minimum atomic E-state index is -3.83. The molecule has 150 valence electrons. The summed E-state index contributed by atoms with van der Waals surface area (Å²) >= 11 is 5.78. The van der Waals surface area contributed by atoms with Crippen molar-refractivity contribution >= 4 is 33.7 Å². The van der Waals surface area contributed by atoms with Crippen LogP contribution in [0.1, 0.15) is 26.2 Å². The van der Waals surface area contributed by atoms with Crippen LogP contribution >= 0.6 is 11.6 Å². The maximum Gasteiger partial charge on any atom is 0.410 e. The Kier molecular flexibility index (Phi) is 7.46. The first-order valence-electron chi connectivity index (χ1n) is 8.57. The summed E-state index contributed by atoms with van der Waals surface area (Å²) in [6, 6.07) is 4.16. The lowest BCUT2D eigenvalue weighted by Crippen LogP contribution is -2.42. The third-order valence-electron chi connectivity index (χ3n) is 4.18. The second-order valence-corrected chi connectivity index (χ2v) is 8.32. The Bertz CT molecular complexity index is 768. The van der Waals surface area contributed by atoms with Crippen molar-refractivity contribution in [2.75, 3.05) is 20.3 Å². The van der Waals surface area contributed by atoms with Gasteiger partial charge < -0.3 is 9.47 Å². The molecule has 0 aromatic heterocycles. The lowest BCUT2D eigenvalue weighted by molar-refractivity contribution is -0.145. The van der Waals surface area contributed by atoms with Crippen molar-refractivity contribution in [3.05, 3.63) is 29.3 Å². The number of carbonyl (C=O) groups is 2. The highest BCUT2D eigenvalue weighted by Crippen LogP contribution is 2.23. The zero-order valence-corrected chi connectivity index (χ0v) is 16.8. The molecule has 0 bridgehead atoms. The lowest BCUT2D eigenvalue weighted by Gasteiger charge is -2.21. The Balaban J connectivity index is 2.10. The fourth-order valence-corrected chi connectivity index (χ4v) is 4.14. The molecule has 1 aliphatic heterocycles. The molecule has 1 fully saturated rings. The number of esters is 1. The number of carbonyl (C=O) groups excluding carboxylic acids is 2. The van der Waals surface area contributed by atoms with E-state index >= 15 is 0 Å². The van der Waals surface area contributed by atoms with Crippen LogP contribution in [0.25, 0.3) is 0 Å². The Morgan fingerprint density at radius 3 is 2.56 bits per heavy atom. The van der Waals surface area contributed by atoms with Crippen molar-refractivity contribution in [3.63, 3.8) is 0 Å². The van der Waals surface area contributed by atoms with E-state index in [9.17, 15) is 18.0 Å². The van der Waals surface area contributed by atoms with Gasteiger partial charge in [0.2, 0.25) is 10.0 Å². The summed E-state index contributed by atoms with van der Waals surface area (Å²) in [7, 11) is -2.61. The van der Waals surface area contributed by atoms with E-state index in [-0.39, 0.29) is 24.5 Å². The molecule has 0 saturated carbocycles. The molecule has 1 N–H and O–H groups in total. The molecule has 1 heterocycles. The van der Waals surface area contributed by atoms with E-state index in [0.29, 0.717) is 11.4 Å². The van der Waals surface area contributed by atoms with Crippen LogP contribution in [0.5, 0.6) is 0 Å². The molecule has 1 aromatic rings. The number of likely N-dealkylation sites (tertiary alicyclic amines) is 1. The first-order chi connectivity index (χ1) is 12.8. The number of benzene rings is 1. The zero-order valence-electron chi connectivity index (χ0n) is 15.2. The minimum absolute atomic E-state index is 0.0115. The Morgan fingerprint density at radius 1 is 1.30 bits per heavy atom. The molecule has 1 aliphatic rings. The molecule has 0 aliphatic carbocycles. The minimum Gasteiger partial charge on any atom is -0.467 e. The first-order valence-corrected chi connectivity index (χ1v) is 10.4. The van der Waals surface area contributed by atoms with Crippen molar-refractivity contribution in [2.24, 2.45) is 0 Å². The van der Waals surface area contributed by atoms with Crippen LogP contribution in [-0.4, -0.2) is 57.7 Å². The van der Waals surface area contributed by atoms with Gasteiger partial charge >= 0.3 is 12.1 Å². The molecule has 10 heteroatoms. The Morgan fingerprint density at radius 2 is 1.96 bits per heavy atom. The quantitative estimate of drug-likeness (QED) is 0.537. The second-order valence-electron chi connectivity index (χ2n) is 6.17. The fraction of sp³-hybridized carbons (Fsp3) is 0.529.